The molecule has 0 aliphatic rings. The van der Waals surface area contributed by atoms with Crippen LogP contribution in [0.1, 0.15) is 11.3 Å². The molecule has 23 heavy (non-hydrogen) atoms. The Morgan fingerprint density at radius 2 is 1.74 bits per heavy atom. The van der Waals surface area contributed by atoms with Crippen LogP contribution >= 0.6 is 0 Å². The highest BCUT2D eigenvalue weighted by Crippen LogP contribution is 2.19. The molecule has 2 aromatic carbocycles. The summed E-state index contributed by atoms with van der Waals surface area (Å²) in [6.07, 6.45) is 0. The predicted molar refractivity (Wildman–Crippen MR) is 87.1 cm³/mol. The Bertz CT molecular complexity index is 885. The molecule has 1 heterocycles. The first-order chi connectivity index (χ1) is 11.0. The van der Waals surface area contributed by atoms with Crippen LogP contribution in [-0.2, 0) is 16.6 Å². The van der Waals surface area contributed by atoms with Gasteiger partial charge in [0.15, 0.2) is 5.76 Å². The second-order valence-corrected chi connectivity index (χ2v) is 6.95. The van der Waals surface area contributed by atoms with Gasteiger partial charge in [-0.3, -0.25) is 0 Å². The Labute approximate surface area is 135 Å². The minimum atomic E-state index is -3.57. The highest BCUT2D eigenvalue weighted by atomic mass is 32.2. The second-order valence-electron chi connectivity index (χ2n) is 5.18. The van der Waals surface area contributed by atoms with E-state index in [1.165, 1.54) is 0 Å². The van der Waals surface area contributed by atoms with Gasteiger partial charge in [0.2, 0.25) is 10.0 Å². The number of aryl methyl sites for hydroxylation is 1. The lowest BCUT2D eigenvalue weighted by molar-refractivity contribution is 0.382. The first-order valence-corrected chi connectivity index (χ1v) is 8.60. The maximum Gasteiger partial charge on any atom is 0.240 e. The Kier molecular flexibility index (Phi) is 4.27. The largest absolute Gasteiger partial charge is 0.359 e. The highest BCUT2D eigenvalue weighted by Gasteiger charge is 2.15. The summed E-state index contributed by atoms with van der Waals surface area (Å²) in [4.78, 5) is 0.228. The molecule has 3 rings (SSSR count). The first kappa shape index (κ1) is 15.5. The minimum absolute atomic E-state index is 0.0516. The lowest BCUT2D eigenvalue weighted by Crippen LogP contribution is -2.22. The minimum Gasteiger partial charge on any atom is -0.359 e. The molecule has 0 aliphatic carbocycles. The van der Waals surface area contributed by atoms with Gasteiger partial charge in [-0.15, -0.1) is 0 Å². The van der Waals surface area contributed by atoms with Crippen molar-refractivity contribution in [2.45, 2.75) is 18.4 Å². The Morgan fingerprint density at radius 1 is 1.04 bits per heavy atom. The van der Waals surface area contributed by atoms with Crippen LogP contribution in [0.2, 0.25) is 0 Å². The van der Waals surface area contributed by atoms with E-state index >= 15 is 0 Å². The summed E-state index contributed by atoms with van der Waals surface area (Å²) in [5.41, 5.74) is 2.60. The van der Waals surface area contributed by atoms with E-state index in [0.717, 1.165) is 11.1 Å². The zero-order valence-corrected chi connectivity index (χ0v) is 13.4. The van der Waals surface area contributed by atoms with Crippen molar-refractivity contribution in [3.05, 3.63) is 72.0 Å². The van der Waals surface area contributed by atoms with Crippen LogP contribution in [-0.4, -0.2) is 13.6 Å². The molecule has 3 aromatic rings. The zero-order valence-electron chi connectivity index (χ0n) is 12.6. The van der Waals surface area contributed by atoms with Crippen molar-refractivity contribution in [2.24, 2.45) is 0 Å². The molecule has 0 aliphatic heterocycles. The van der Waals surface area contributed by atoms with Crippen molar-refractivity contribution in [3.8, 4) is 11.3 Å². The highest BCUT2D eigenvalue weighted by molar-refractivity contribution is 7.89. The monoisotopic (exact) mass is 328 g/mol. The van der Waals surface area contributed by atoms with E-state index in [0.29, 0.717) is 11.5 Å². The van der Waals surface area contributed by atoms with Gasteiger partial charge < -0.3 is 4.52 Å². The van der Waals surface area contributed by atoms with Gasteiger partial charge in [0, 0.05) is 11.6 Å². The molecule has 0 bridgehead atoms. The number of hydrogen-bond acceptors (Lipinski definition) is 4. The van der Waals surface area contributed by atoms with Gasteiger partial charge in [0.1, 0.15) is 5.69 Å². The molecule has 5 nitrogen and oxygen atoms in total. The number of sulfonamides is 1. The smallest absolute Gasteiger partial charge is 0.240 e. The van der Waals surface area contributed by atoms with Gasteiger partial charge in [-0.1, -0.05) is 53.2 Å². The number of nitrogens with zero attached hydrogens (tertiary/aromatic N) is 1. The standard InChI is InChI=1S/C17H16N2O3S/c1-13-7-9-16(10-8-13)23(20,21)18-12-15-11-17(19-22-15)14-5-3-2-4-6-14/h2-11,18H,12H2,1H3. The van der Waals surface area contributed by atoms with Crippen molar-refractivity contribution in [1.29, 1.82) is 0 Å². The van der Waals surface area contributed by atoms with E-state index in [4.69, 9.17) is 4.52 Å². The summed E-state index contributed by atoms with van der Waals surface area (Å²) < 4.78 is 32.1. The summed E-state index contributed by atoms with van der Waals surface area (Å²) in [5, 5.41) is 3.96. The fourth-order valence-electron chi connectivity index (χ4n) is 2.11. The van der Waals surface area contributed by atoms with Crippen molar-refractivity contribution in [3.63, 3.8) is 0 Å². The van der Waals surface area contributed by atoms with Crippen LogP contribution in [0.5, 0.6) is 0 Å². The number of nitrogens with one attached hydrogen (secondary N) is 1. The van der Waals surface area contributed by atoms with E-state index < -0.39 is 10.0 Å². The van der Waals surface area contributed by atoms with E-state index in [1.54, 1.807) is 30.3 Å². The van der Waals surface area contributed by atoms with E-state index in [1.807, 2.05) is 37.3 Å². The normalized spacial score (nSPS) is 11.5. The SMILES string of the molecule is Cc1ccc(S(=O)(=O)NCc2cc(-c3ccccc3)no2)cc1. The quantitative estimate of drug-likeness (QED) is 0.781. The third-order valence-electron chi connectivity index (χ3n) is 3.40. The fraction of sp³-hybridized carbons (Fsp3) is 0.118. The molecule has 0 fully saturated rings. The van der Waals surface area contributed by atoms with E-state index in [2.05, 4.69) is 9.88 Å². The Balaban J connectivity index is 1.71. The third kappa shape index (κ3) is 3.67. The maximum absolute atomic E-state index is 12.2. The van der Waals surface area contributed by atoms with Gasteiger partial charge in [-0.2, -0.15) is 0 Å². The van der Waals surface area contributed by atoms with Gasteiger partial charge in [-0.25, -0.2) is 13.1 Å². The molecular formula is C17H16N2O3S. The summed E-state index contributed by atoms with van der Waals surface area (Å²) in [6, 6.07) is 18.0. The topological polar surface area (TPSA) is 72.2 Å². The van der Waals surface area contributed by atoms with Gasteiger partial charge in [0.25, 0.3) is 0 Å². The van der Waals surface area contributed by atoms with Crippen LogP contribution in [0.3, 0.4) is 0 Å². The van der Waals surface area contributed by atoms with Gasteiger partial charge in [-0.05, 0) is 19.1 Å². The summed E-state index contributed by atoms with van der Waals surface area (Å²) in [5.74, 6) is 0.458. The molecule has 0 saturated carbocycles. The molecular weight excluding hydrogens is 312 g/mol. The molecule has 0 unspecified atom stereocenters. The number of aromatic nitrogens is 1. The third-order valence-corrected chi connectivity index (χ3v) is 4.81. The maximum atomic E-state index is 12.2. The van der Waals surface area contributed by atoms with Crippen molar-refractivity contribution < 1.29 is 12.9 Å². The van der Waals surface area contributed by atoms with E-state index in [-0.39, 0.29) is 11.4 Å². The van der Waals surface area contributed by atoms with Crippen molar-refractivity contribution in [1.82, 2.24) is 9.88 Å². The zero-order chi connectivity index (χ0) is 16.3. The lowest BCUT2D eigenvalue weighted by Gasteiger charge is -2.05. The summed E-state index contributed by atoms with van der Waals surface area (Å²) in [6.45, 7) is 1.96. The molecule has 0 atom stereocenters. The molecule has 1 aromatic heterocycles. The number of benzene rings is 2. The molecule has 0 spiro atoms. The van der Waals surface area contributed by atoms with Crippen LogP contribution in [0.15, 0.2) is 70.1 Å². The average Bonchev–Trinajstić information content (AvgIpc) is 3.03. The van der Waals surface area contributed by atoms with Crippen LogP contribution < -0.4 is 4.72 Å². The van der Waals surface area contributed by atoms with Gasteiger partial charge in [0.05, 0.1) is 11.4 Å². The first-order valence-electron chi connectivity index (χ1n) is 7.12. The molecule has 6 heteroatoms. The summed E-state index contributed by atoms with van der Waals surface area (Å²) in [7, 11) is -3.57. The number of hydrogen-bond donors (Lipinski definition) is 1. The van der Waals surface area contributed by atoms with Crippen LogP contribution in [0.4, 0.5) is 0 Å². The van der Waals surface area contributed by atoms with Crippen LogP contribution in [0.25, 0.3) is 11.3 Å². The Hall–Kier alpha value is -2.44. The molecule has 118 valence electrons. The van der Waals surface area contributed by atoms with Crippen LogP contribution in [0, 0.1) is 6.92 Å². The Morgan fingerprint density at radius 3 is 2.43 bits per heavy atom. The predicted octanol–water partition coefficient (Wildman–Crippen LogP) is 3.13. The van der Waals surface area contributed by atoms with Gasteiger partial charge >= 0.3 is 0 Å². The second kappa shape index (κ2) is 6.36. The fourth-order valence-corrected chi connectivity index (χ4v) is 3.10. The molecule has 0 amide bonds. The average molecular weight is 328 g/mol. The summed E-state index contributed by atoms with van der Waals surface area (Å²) >= 11 is 0. The molecule has 1 N–H and O–H groups in total. The van der Waals surface area contributed by atoms with E-state index in [9.17, 15) is 8.42 Å². The van der Waals surface area contributed by atoms with Crippen molar-refractivity contribution in [2.75, 3.05) is 0 Å². The molecule has 0 saturated heterocycles. The number of rotatable bonds is 5. The van der Waals surface area contributed by atoms with Crippen molar-refractivity contribution >= 4 is 10.0 Å². The molecule has 0 radical (unpaired) electrons. The lowest BCUT2D eigenvalue weighted by atomic mass is 10.1.